The summed E-state index contributed by atoms with van der Waals surface area (Å²) in [5.74, 6) is 0.0285. The monoisotopic (exact) mass is 264 g/mol. The van der Waals surface area contributed by atoms with E-state index in [0.717, 1.165) is 32.4 Å². The maximum absolute atomic E-state index is 12.2. The lowest BCUT2D eigenvalue weighted by molar-refractivity contribution is -0.385. The number of hydrogen-bond donors (Lipinski definition) is 0. The van der Waals surface area contributed by atoms with Crippen LogP contribution in [0.2, 0.25) is 0 Å². The molecule has 19 heavy (non-hydrogen) atoms. The van der Waals surface area contributed by atoms with Crippen LogP contribution in [0, 0.1) is 10.1 Å². The van der Waals surface area contributed by atoms with Gasteiger partial charge in [0.2, 0.25) is 0 Å². The number of piperidine rings is 1. The summed E-state index contributed by atoms with van der Waals surface area (Å²) < 4.78 is 4.97. The Hall–Kier alpha value is -2.11. The van der Waals surface area contributed by atoms with E-state index in [4.69, 9.17) is 4.74 Å². The van der Waals surface area contributed by atoms with Gasteiger partial charge in [0.25, 0.3) is 5.91 Å². The molecule has 0 aliphatic carbocycles. The number of amides is 1. The number of nitrogens with zero attached hydrogens (tertiary/aromatic N) is 2. The van der Waals surface area contributed by atoms with Crippen LogP contribution in [0.5, 0.6) is 5.75 Å². The van der Waals surface area contributed by atoms with Crippen LogP contribution >= 0.6 is 0 Å². The van der Waals surface area contributed by atoms with Crippen LogP contribution in [0.3, 0.4) is 0 Å². The van der Waals surface area contributed by atoms with Gasteiger partial charge in [-0.2, -0.15) is 0 Å². The first-order valence-corrected chi connectivity index (χ1v) is 6.25. The third kappa shape index (κ3) is 2.83. The van der Waals surface area contributed by atoms with Crippen molar-refractivity contribution in [3.63, 3.8) is 0 Å². The van der Waals surface area contributed by atoms with Gasteiger partial charge in [-0.15, -0.1) is 0 Å². The Kier molecular flexibility index (Phi) is 3.99. The molecule has 1 saturated heterocycles. The van der Waals surface area contributed by atoms with Gasteiger partial charge in [-0.1, -0.05) is 0 Å². The van der Waals surface area contributed by atoms with E-state index in [1.54, 1.807) is 4.90 Å². The Morgan fingerprint density at radius 3 is 2.58 bits per heavy atom. The van der Waals surface area contributed by atoms with Crippen LogP contribution in [0.1, 0.15) is 29.6 Å². The predicted octanol–water partition coefficient (Wildman–Crippen LogP) is 2.23. The molecule has 1 heterocycles. The van der Waals surface area contributed by atoms with E-state index >= 15 is 0 Å². The molecule has 0 unspecified atom stereocenters. The lowest BCUT2D eigenvalue weighted by Gasteiger charge is -2.26. The molecule has 1 aromatic rings. The summed E-state index contributed by atoms with van der Waals surface area (Å²) in [5.41, 5.74) is 0.307. The quantitative estimate of drug-likeness (QED) is 0.620. The van der Waals surface area contributed by atoms with E-state index in [0.29, 0.717) is 5.56 Å². The molecule has 1 aromatic carbocycles. The first kappa shape index (κ1) is 13.3. The molecule has 0 aromatic heterocycles. The van der Waals surface area contributed by atoms with Crippen molar-refractivity contribution in [2.75, 3.05) is 20.2 Å². The Labute approximate surface area is 111 Å². The van der Waals surface area contributed by atoms with Crippen LogP contribution < -0.4 is 4.74 Å². The number of hydrogen-bond acceptors (Lipinski definition) is 4. The van der Waals surface area contributed by atoms with Gasteiger partial charge in [-0.05, 0) is 25.3 Å². The molecule has 0 bridgehead atoms. The van der Waals surface area contributed by atoms with E-state index in [-0.39, 0.29) is 17.3 Å². The van der Waals surface area contributed by atoms with Gasteiger partial charge in [-0.25, -0.2) is 0 Å². The molecular weight excluding hydrogens is 248 g/mol. The molecule has 1 aliphatic rings. The van der Waals surface area contributed by atoms with Crippen LogP contribution in [-0.2, 0) is 0 Å². The maximum Gasteiger partial charge on any atom is 0.310 e. The fourth-order valence-electron chi connectivity index (χ4n) is 2.24. The van der Waals surface area contributed by atoms with Crippen LogP contribution in [0.4, 0.5) is 5.69 Å². The summed E-state index contributed by atoms with van der Waals surface area (Å²) in [6.45, 7) is 1.50. The van der Waals surface area contributed by atoms with Crippen molar-refractivity contribution >= 4 is 11.6 Å². The highest BCUT2D eigenvalue weighted by Gasteiger charge is 2.21. The second-order valence-electron chi connectivity index (χ2n) is 4.50. The fraction of sp³-hybridized carbons (Fsp3) is 0.462. The average molecular weight is 264 g/mol. The molecule has 6 heteroatoms. The maximum atomic E-state index is 12.2. The largest absolute Gasteiger partial charge is 0.490 e. The highest BCUT2D eigenvalue weighted by molar-refractivity contribution is 5.95. The highest BCUT2D eigenvalue weighted by Crippen LogP contribution is 2.28. The zero-order valence-corrected chi connectivity index (χ0v) is 10.8. The molecule has 102 valence electrons. The Bertz CT molecular complexity index is 495. The van der Waals surface area contributed by atoms with E-state index < -0.39 is 4.92 Å². The molecule has 0 spiro atoms. The Morgan fingerprint density at radius 2 is 2.00 bits per heavy atom. The molecule has 1 aliphatic heterocycles. The smallest absolute Gasteiger partial charge is 0.310 e. The minimum absolute atomic E-state index is 0.0899. The Morgan fingerprint density at radius 1 is 1.32 bits per heavy atom. The highest BCUT2D eigenvalue weighted by atomic mass is 16.6. The summed E-state index contributed by atoms with van der Waals surface area (Å²) >= 11 is 0. The summed E-state index contributed by atoms with van der Waals surface area (Å²) in [6.07, 6.45) is 3.17. The zero-order chi connectivity index (χ0) is 13.8. The minimum atomic E-state index is -0.520. The van der Waals surface area contributed by atoms with Gasteiger partial charge in [0.05, 0.1) is 12.0 Å². The second-order valence-corrected chi connectivity index (χ2v) is 4.50. The molecule has 2 rings (SSSR count). The van der Waals surface area contributed by atoms with Gasteiger partial charge >= 0.3 is 5.69 Å². The number of ether oxygens (including phenoxy) is 1. The van der Waals surface area contributed by atoms with Gasteiger partial charge < -0.3 is 9.64 Å². The number of likely N-dealkylation sites (tertiary alicyclic amines) is 1. The third-order valence-electron chi connectivity index (χ3n) is 3.27. The van der Waals surface area contributed by atoms with Crippen molar-refractivity contribution in [2.45, 2.75) is 19.3 Å². The number of benzene rings is 1. The SMILES string of the molecule is COc1cc(C(=O)N2CCCCC2)ccc1[N+](=O)[O-]. The summed E-state index contributed by atoms with van der Waals surface area (Å²) in [6, 6.07) is 4.24. The van der Waals surface area contributed by atoms with Gasteiger partial charge in [-0.3, -0.25) is 14.9 Å². The Balaban J connectivity index is 2.24. The van der Waals surface area contributed by atoms with E-state index in [9.17, 15) is 14.9 Å². The number of rotatable bonds is 3. The van der Waals surface area contributed by atoms with Crippen molar-refractivity contribution in [3.8, 4) is 5.75 Å². The second kappa shape index (κ2) is 5.69. The summed E-state index contributed by atoms with van der Waals surface area (Å²) in [5, 5.41) is 10.8. The number of methoxy groups -OCH3 is 1. The van der Waals surface area contributed by atoms with Crippen LogP contribution in [0.15, 0.2) is 18.2 Å². The third-order valence-corrected chi connectivity index (χ3v) is 3.27. The summed E-state index contributed by atoms with van der Waals surface area (Å²) in [4.78, 5) is 24.3. The van der Waals surface area contributed by atoms with Gasteiger partial charge in [0.15, 0.2) is 5.75 Å². The number of carbonyl (C=O) groups is 1. The predicted molar refractivity (Wildman–Crippen MR) is 69.4 cm³/mol. The molecular formula is C13H16N2O4. The zero-order valence-electron chi connectivity index (χ0n) is 10.8. The molecule has 0 atom stereocenters. The first-order valence-electron chi connectivity index (χ1n) is 6.25. The lowest BCUT2D eigenvalue weighted by atomic mass is 10.1. The fourth-order valence-corrected chi connectivity index (χ4v) is 2.24. The van der Waals surface area contributed by atoms with E-state index in [1.165, 1.54) is 25.3 Å². The molecule has 0 N–H and O–H groups in total. The van der Waals surface area contributed by atoms with Crippen molar-refractivity contribution < 1.29 is 14.5 Å². The van der Waals surface area contributed by atoms with Crippen LogP contribution in [0.25, 0.3) is 0 Å². The van der Waals surface area contributed by atoms with E-state index in [2.05, 4.69) is 0 Å². The normalized spacial score (nSPS) is 15.1. The van der Waals surface area contributed by atoms with Crippen molar-refractivity contribution in [3.05, 3.63) is 33.9 Å². The molecule has 0 saturated carbocycles. The average Bonchev–Trinajstić information content (AvgIpc) is 2.46. The number of nitro groups is 1. The molecule has 6 nitrogen and oxygen atoms in total. The summed E-state index contributed by atoms with van der Waals surface area (Å²) in [7, 11) is 1.36. The topological polar surface area (TPSA) is 72.7 Å². The van der Waals surface area contributed by atoms with Crippen molar-refractivity contribution in [1.82, 2.24) is 4.90 Å². The van der Waals surface area contributed by atoms with Crippen molar-refractivity contribution in [2.24, 2.45) is 0 Å². The minimum Gasteiger partial charge on any atom is -0.490 e. The molecule has 1 fully saturated rings. The lowest BCUT2D eigenvalue weighted by Crippen LogP contribution is -2.35. The van der Waals surface area contributed by atoms with E-state index in [1.807, 2.05) is 0 Å². The van der Waals surface area contributed by atoms with Gasteiger partial charge in [0.1, 0.15) is 0 Å². The standard InChI is InChI=1S/C13H16N2O4/c1-19-12-9-10(5-6-11(12)15(17)18)13(16)14-7-3-2-4-8-14/h5-6,9H,2-4,7-8H2,1H3. The molecule has 1 amide bonds. The van der Waals surface area contributed by atoms with Crippen LogP contribution in [-0.4, -0.2) is 35.9 Å². The number of nitro benzene ring substituents is 1. The van der Waals surface area contributed by atoms with Crippen molar-refractivity contribution in [1.29, 1.82) is 0 Å². The number of carbonyl (C=O) groups excluding carboxylic acids is 1. The first-order chi connectivity index (χ1) is 9.13. The van der Waals surface area contributed by atoms with Gasteiger partial charge in [0, 0.05) is 30.8 Å². The molecule has 0 radical (unpaired) electrons.